The number of hydrogen-bond donors (Lipinski definition) is 0. The van der Waals surface area contributed by atoms with Crippen LogP contribution in [0.1, 0.15) is 58.1 Å². The number of carbonyl (C=O) groups excluding carboxylic acids is 1. The fourth-order valence-electron chi connectivity index (χ4n) is 4.19. The van der Waals surface area contributed by atoms with E-state index in [0.29, 0.717) is 0 Å². The van der Waals surface area contributed by atoms with Crippen molar-refractivity contribution >= 4 is 11.6 Å². The maximum atomic E-state index is 12.6. The molecule has 3 heterocycles. The van der Waals surface area contributed by atoms with Crippen molar-refractivity contribution in [2.45, 2.75) is 64.0 Å². The van der Waals surface area contributed by atoms with Gasteiger partial charge < -0.3 is 9.64 Å². The zero-order valence-corrected chi connectivity index (χ0v) is 18.4. The van der Waals surface area contributed by atoms with Crippen LogP contribution in [0.15, 0.2) is 30.9 Å². The number of hydrogen-bond acceptors (Lipinski definition) is 5. The van der Waals surface area contributed by atoms with Gasteiger partial charge in [-0.15, -0.1) is 0 Å². The molecule has 0 bridgehead atoms. The molecule has 1 aliphatic carbocycles. The summed E-state index contributed by atoms with van der Waals surface area (Å²) in [5.41, 5.74) is 3.39. The number of aromatic nitrogens is 5. The Morgan fingerprint density at radius 2 is 2.03 bits per heavy atom. The molecule has 8 nitrogen and oxygen atoms in total. The number of rotatable bonds is 3. The minimum Gasteiger partial charge on any atom is -0.444 e. The highest BCUT2D eigenvalue weighted by Crippen LogP contribution is 2.37. The number of aryl methyl sites for hydroxylation is 1. The molecule has 0 radical (unpaired) electrons. The molecular weight excluding hydrogens is 380 g/mol. The molecule has 30 heavy (non-hydrogen) atoms. The molecule has 4 rings (SSSR count). The van der Waals surface area contributed by atoms with Gasteiger partial charge in [0.05, 0.1) is 35.5 Å². The summed E-state index contributed by atoms with van der Waals surface area (Å²) in [6.07, 6.45) is 11.2. The molecule has 1 fully saturated rings. The molecule has 1 aliphatic rings. The lowest BCUT2D eigenvalue weighted by Gasteiger charge is -2.36. The molecule has 1 saturated carbocycles. The van der Waals surface area contributed by atoms with Crippen LogP contribution in [-0.4, -0.2) is 54.1 Å². The molecule has 0 aliphatic heterocycles. The van der Waals surface area contributed by atoms with Gasteiger partial charge in [0.25, 0.3) is 0 Å². The summed E-state index contributed by atoms with van der Waals surface area (Å²) in [6, 6.07) is 2.14. The Bertz CT molecular complexity index is 1050. The summed E-state index contributed by atoms with van der Waals surface area (Å²) in [6.45, 7) is 5.69. The zero-order valence-electron chi connectivity index (χ0n) is 18.4. The minimum absolute atomic E-state index is 0.130. The van der Waals surface area contributed by atoms with Gasteiger partial charge in [-0.3, -0.25) is 4.68 Å². The van der Waals surface area contributed by atoms with Crippen LogP contribution in [0.4, 0.5) is 4.79 Å². The molecule has 0 saturated heterocycles. The maximum Gasteiger partial charge on any atom is 0.410 e. The smallest absolute Gasteiger partial charge is 0.410 e. The quantitative estimate of drug-likeness (QED) is 0.652. The molecule has 0 unspecified atom stereocenters. The Morgan fingerprint density at radius 1 is 1.23 bits per heavy atom. The molecule has 8 heteroatoms. The van der Waals surface area contributed by atoms with E-state index in [1.54, 1.807) is 15.8 Å². The first-order valence-electron chi connectivity index (χ1n) is 10.5. The van der Waals surface area contributed by atoms with Gasteiger partial charge >= 0.3 is 6.09 Å². The second-order valence-electron chi connectivity index (χ2n) is 9.18. The van der Waals surface area contributed by atoms with Crippen molar-refractivity contribution in [3.05, 3.63) is 36.5 Å². The van der Waals surface area contributed by atoms with Crippen molar-refractivity contribution in [2.75, 3.05) is 7.05 Å². The van der Waals surface area contributed by atoms with Crippen LogP contribution in [0, 0.1) is 0 Å². The first kappa shape index (κ1) is 20.4. The summed E-state index contributed by atoms with van der Waals surface area (Å²) in [5.74, 6) is 0.254. The topological polar surface area (TPSA) is 77.6 Å². The van der Waals surface area contributed by atoms with Crippen LogP contribution >= 0.6 is 0 Å². The highest BCUT2D eigenvalue weighted by atomic mass is 16.6. The third-order valence-electron chi connectivity index (χ3n) is 5.68. The van der Waals surface area contributed by atoms with E-state index in [9.17, 15) is 4.79 Å². The average molecular weight is 411 g/mol. The van der Waals surface area contributed by atoms with E-state index >= 15 is 0 Å². The molecule has 2 atom stereocenters. The number of carbonyl (C=O) groups is 1. The first-order valence-corrected chi connectivity index (χ1v) is 10.5. The lowest BCUT2D eigenvalue weighted by Crippen LogP contribution is -2.42. The van der Waals surface area contributed by atoms with Gasteiger partial charge in [-0.05, 0) is 46.1 Å². The average Bonchev–Trinajstić information content (AvgIpc) is 3.34. The largest absolute Gasteiger partial charge is 0.444 e. The SMILES string of the molecule is CN(C(=O)OC(C)(C)C)[C@H]1CCC[C@H](c2nc(-c3cnn(C)c3)cn3nccc23)C1. The minimum atomic E-state index is -0.497. The first-order chi connectivity index (χ1) is 14.2. The van der Waals surface area contributed by atoms with Crippen LogP contribution in [0.3, 0.4) is 0 Å². The fourth-order valence-corrected chi connectivity index (χ4v) is 4.19. The molecule has 0 spiro atoms. The van der Waals surface area contributed by atoms with Crippen molar-refractivity contribution in [3.8, 4) is 11.3 Å². The van der Waals surface area contributed by atoms with E-state index in [1.165, 1.54) is 0 Å². The fraction of sp³-hybridized carbons (Fsp3) is 0.545. The summed E-state index contributed by atoms with van der Waals surface area (Å²) < 4.78 is 9.25. The summed E-state index contributed by atoms with van der Waals surface area (Å²) in [7, 11) is 3.74. The Labute approximate surface area is 176 Å². The molecule has 0 N–H and O–H groups in total. The second kappa shape index (κ2) is 7.74. The van der Waals surface area contributed by atoms with Crippen LogP contribution < -0.4 is 0 Å². The second-order valence-corrected chi connectivity index (χ2v) is 9.18. The normalized spacial score (nSPS) is 19.8. The molecular formula is C22H30N6O2. The van der Waals surface area contributed by atoms with Gasteiger partial charge in [0.2, 0.25) is 0 Å². The molecule has 0 aromatic carbocycles. The lowest BCUT2D eigenvalue weighted by atomic mass is 9.82. The summed E-state index contributed by atoms with van der Waals surface area (Å²) >= 11 is 0. The van der Waals surface area contributed by atoms with Crippen molar-refractivity contribution in [1.82, 2.24) is 29.3 Å². The monoisotopic (exact) mass is 410 g/mol. The standard InChI is InChI=1S/C22H30N6O2/c1-22(2,3)30-21(29)27(5)17-8-6-7-15(11-17)20-19-9-10-23-28(19)14-18(25-20)16-12-24-26(4)13-16/h9-10,12-15,17H,6-8,11H2,1-5H3/t15-,17-/m0/s1. The van der Waals surface area contributed by atoms with E-state index in [2.05, 4.69) is 10.2 Å². The molecule has 3 aromatic rings. The van der Waals surface area contributed by atoms with Crippen LogP contribution in [-0.2, 0) is 11.8 Å². The van der Waals surface area contributed by atoms with Gasteiger partial charge in [0.1, 0.15) is 5.60 Å². The number of amides is 1. The van der Waals surface area contributed by atoms with Gasteiger partial charge in [-0.25, -0.2) is 14.3 Å². The van der Waals surface area contributed by atoms with E-state index < -0.39 is 5.60 Å². The molecule has 160 valence electrons. The Morgan fingerprint density at radius 3 is 2.73 bits per heavy atom. The van der Waals surface area contributed by atoms with Gasteiger partial charge in [-0.2, -0.15) is 10.2 Å². The predicted molar refractivity (Wildman–Crippen MR) is 114 cm³/mol. The summed E-state index contributed by atoms with van der Waals surface area (Å²) in [4.78, 5) is 19.4. The Hall–Kier alpha value is -2.90. The number of nitrogens with zero attached hydrogens (tertiary/aromatic N) is 6. The van der Waals surface area contributed by atoms with E-state index in [-0.39, 0.29) is 18.1 Å². The number of fused-ring (bicyclic) bond motifs is 1. The number of ether oxygens (including phenoxy) is 1. The van der Waals surface area contributed by atoms with Gasteiger partial charge in [0.15, 0.2) is 0 Å². The Kier molecular flexibility index (Phi) is 5.26. The molecule has 3 aromatic heterocycles. The van der Waals surface area contributed by atoms with E-state index in [1.807, 2.05) is 64.0 Å². The Balaban J connectivity index is 1.62. The molecule has 1 amide bonds. The third-order valence-corrected chi connectivity index (χ3v) is 5.68. The van der Waals surface area contributed by atoms with Crippen molar-refractivity contribution < 1.29 is 9.53 Å². The van der Waals surface area contributed by atoms with Crippen molar-refractivity contribution in [2.24, 2.45) is 7.05 Å². The maximum absolute atomic E-state index is 12.6. The summed E-state index contributed by atoms with van der Waals surface area (Å²) in [5, 5.41) is 8.73. The van der Waals surface area contributed by atoms with Crippen LogP contribution in [0.2, 0.25) is 0 Å². The van der Waals surface area contributed by atoms with Crippen molar-refractivity contribution in [3.63, 3.8) is 0 Å². The van der Waals surface area contributed by atoms with Crippen LogP contribution in [0.25, 0.3) is 16.8 Å². The van der Waals surface area contributed by atoms with E-state index in [0.717, 1.165) is 48.2 Å². The zero-order chi connectivity index (χ0) is 21.5. The predicted octanol–water partition coefficient (Wildman–Crippen LogP) is 4.02. The van der Waals surface area contributed by atoms with Gasteiger partial charge in [0, 0.05) is 37.8 Å². The van der Waals surface area contributed by atoms with Crippen LogP contribution in [0.5, 0.6) is 0 Å². The third kappa shape index (κ3) is 4.17. The lowest BCUT2D eigenvalue weighted by molar-refractivity contribution is 0.0180. The van der Waals surface area contributed by atoms with Gasteiger partial charge in [-0.1, -0.05) is 6.42 Å². The van der Waals surface area contributed by atoms with E-state index in [4.69, 9.17) is 9.72 Å². The highest BCUT2D eigenvalue weighted by Gasteiger charge is 2.32. The highest BCUT2D eigenvalue weighted by molar-refractivity contribution is 5.68. The van der Waals surface area contributed by atoms with Crippen molar-refractivity contribution in [1.29, 1.82) is 0 Å².